The minimum absolute atomic E-state index is 0.0134. The van der Waals surface area contributed by atoms with Crippen molar-refractivity contribution in [1.82, 2.24) is 14.7 Å². The number of benzene rings is 1. The molecule has 0 aliphatic carbocycles. The first-order chi connectivity index (χ1) is 10.6. The molecule has 1 amide bonds. The van der Waals surface area contributed by atoms with Crippen LogP contribution in [0, 0.1) is 5.82 Å². The molecule has 0 spiro atoms. The summed E-state index contributed by atoms with van der Waals surface area (Å²) in [6.07, 6.45) is 3.97. The van der Waals surface area contributed by atoms with Crippen molar-refractivity contribution in [2.45, 2.75) is 32.2 Å². The van der Waals surface area contributed by atoms with E-state index >= 15 is 0 Å². The van der Waals surface area contributed by atoms with Crippen LogP contribution >= 0.6 is 0 Å². The fourth-order valence-corrected chi connectivity index (χ4v) is 3.20. The summed E-state index contributed by atoms with van der Waals surface area (Å²) < 4.78 is 15.6. The van der Waals surface area contributed by atoms with Crippen LogP contribution in [0.5, 0.6) is 0 Å². The molecule has 0 radical (unpaired) electrons. The van der Waals surface area contributed by atoms with Crippen LogP contribution in [0.15, 0.2) is 18.3 Å². The van der Waals surface area contributed by atoms with Crippen LogP contribution in [-0.2, 0) is 11.2 Å². The molecule has 0 atom stereocenters. The molecule has 1 aliphatic rings. The van der Waals surface area contributed by atoms with Crippen molar-refractivity contribution >= 4 is 16.8 Å². The van der Waals surface area contributed by atoms with Crippen LogP contribution in [0.3, 0.4) is 0 Å². The minimum Gasteiger partial charge on any atom is -0.369 e. The summed E-state index contributed by atoms with van der Waals surface area (Å²) >= 11 is 0. The van der Waals surface area contributed by atoms with E-state index in [0.717, 1.165) is 37.9 Å². The predicted molar refractivity (Wildman–Crippen MR) is 83.0 cm³/mol. The van der Waals surface area contributed by atoms with Gasteiger partial charge in [0.2, 0.25) is 5.91 Å². The molecule has 6 heteroatoms. The van der Waals surface area contributed by atoms with Crippen molar-refractivity contribution in [3.63, 3.8) is 0 Å². The van der Waals surface area contributed by atoms with Gasteiger partial charge in [-0.1, -0.05) is 6.92 Å². The van der Waals surface area contributed by atoms with Gasteiger partial charge < -0.3 is 10.6 Å². The molecule has 1 fully saturated rings. The zero-order valence-corrected chi connectivity index (χ0v) is 12.8. The summed E-state index contributed by atoms with van der Waals surface area (Å²) in [6, 6.07) is 3.15. The molecule has 2 N–H and O–H groups in total. The van der Waals surface area contributed by atoms with Gasteiger partial charge in [0.15, 0.2) is 0 Å². The lowest BCUT2D eigenvalue weighted by atomic mass is 10.1. The van der Waals surface area contributed by atoms with Gasteiger partial charge in [-0.25, -0.2) is 4.39 Å². The number of nitrogens with zero attached hydrogens (tertiary/aromatic N) is 3. The van der Waals surface area contributed by atoms with Gasteiger partial charge in [0.25, 0.3) is 0 Å². The number of likely N-dealkylation sites (tertiary alicyclic amines) is 1. The van der Waals surface area contributed by atoms with Crippen molar-refractivity contribution in [2.24, 2.45) is 5.73 Å². The number of halogens is 1. The summed E-state index contributed by atoms with van der Waals surface area (Å²) in [5.74, 6) is -0.832. The zero-order valence-electron chi connectivity index (χ0n) is 12.8. The van der Waals surface area contributed by atoms with Gasteiger partial charge in [-0.3, -0.25) is 9.48 Å². The van der Waals surface area contributed by atoms with E-state index in [0.29, 0.717) is 17.1 Å². The van der Waals surface area contributed by atoms with Gasteiger partial charge in [0.1, 0.15) is 5.82 Å². The van der Waals surface area contributed by atoms with Crippen molar-refractivity contribution in [2.75, 3.05) is 19.6 Å². The Kier molecular flexibility index (Phi) is 4.11. The number of fused-ring (bicyclic) bond motifs is 1. The van der Waals surface area contributed by atoms with Gasteiger partial charge in [0.05, 0.1) is 18.0 Å². The second kappa shape index (κ2) is 6.04. The van der Waals surface area contributed by atoms with Gasteiger partial charge in [0, 0.05) is 24.7 Å². The first-order valence-corrected chi connectivity index (χ1v) is 7.74. The van der Waals surface area contributed by atoms with Crippen molar-refractivity contribution in [3.8, 4) is 0 Å². The summed E-state index contributed by atoms with van der Waals surface area (Å²) in [4.78, 5) is 13.6. The monoisotopic (exact) mass is 304 g/mol. The van der Waals surface area contributed by atoms with E-state index < -0.39 is 5.91 Å². The smallest absolute Gasteiger partial charge is 0.221 e. The van der Waals surface area contributed by atoms with Crippen LogP contribution in [-0.4, -0.2) is 40.2 Å². The molecule has 2 heterocycles. The lowest BCUT2D eigenvalue weighted by molar-refractivity contribution is -0.117. The van der Waals surface area contributed by atoms with E-state index in [1.54, 1.807) is 0 Å². The number of carbonyl (C=O) groups excluding carboxylic acids is 1. The van der Waals surface area contributed by atoms with Gasteiger partial charge in [-0.2, -0.15) is 5.10 Å². The Bertz CT molecular complexity index is 689. The molecule has 1 saturated heterocycles. The first-order valence-electron chi connectivity index (χ1n) is 7.74. The fraction of sp³-hybridized carbons (Fsp3) is 0.500. The predicted octanol–water partition coefficient (Wildman–Crippen LogP) is 1.86. The van der Waals surface area contributed by atoms with Gasteiger partial charge in [-0.05, 0) is 37.1 Å². The van der Waals surface area contributed by atoms with Crippen LogP contribution < -0.4 is 5.73 Å². The van der Waals surface area contributed by atoms with Crippen molar-refractivity contribution in [3.05, 3.63) is 29.7 Å². The number of nitrogens with two attached hydrogens (primary N) is 1. The average Bonchev–Trinajstić information content (AvgIpc) is 2.90. The highest BCUT2D eigenvalue weighted by Gasteiger charge is 2.21. The minimum atomic E-state index is -0.474. The molecule has 0 unspecified atom stereocenters. The summed E-state index contributed by atoms with van der Waals surface area (Å²) in [6.45, 7) is 5.35. The highest BCUT2D eigenvalue weighted by Crippen LogP contribution is 2.26. The molecule has 22 heavy (non-hydrogen) atoms. The molecule has 0 saturated carbocycles. The third-order valence-corrected chi connectivity index (χ3v) is 4.41. The quantitative estimate of drug-likeness (QED) is 0.937. The Labute approximate surface area is 128 Å². The van der Waals surface area contributed by atoms with E-state index in [1.807, 2.05) is 10.9 Å². The Morgan fingerprint density at radius 3 is 2.77 bits per heavy atom. The highest BCUT2D eigenvalue weighted by atomic mass is 19.1. The molecular weight excluding hydrogens is 283 g/mol. The molecule has 1 aromatic carbocycles. The van der Waals surface area contributed by atoms with Crippen LogP contribution in [0.1, 0.15) is 31.4 Å². The topological polar surface area (TPSA) is 64.2 Å². The lowest BCUT2D eigenvalue weighted by Gasteiger charge is -2.31. The Morgan fingerprint density at radius 2 is 2.14 bits per heavy atom. The van der Waals surface area contributed by atoms with E-state index in [1.165, 1.54) is 12.1 Å². The number of primary amides is 1. The second-order valence-electron chi connectivity index (χ2n) is 5.92. The first kappa shape index (κ1) is 15.0. The Morgan fingerprint density at radius 1 is 1.41 bits per heavy atom. The third-order valence-electron chi connectivity index (χ3n) is 4.41. The van der Waals surface area contributed by atoms with E-state index in [4.69, 9.17) is 5.73 Å². The average molecular weight is 304 g/mol. The summed E-state index contributed by atoms with van der Waals surface area (Å²) in [7, 11) is 0. The van der Waals surface area contributed by atoms with Gasteiger partial charge >= 0.3 is 0 Å². The third kappa shape index (κ3) is 2.97. The van der Waals surface area contributed by atoms with Crippen LogP contribution in [0.2, 0.25) is 0 Å². The SMILES string of the molecule is CCN1CCC(n2cc3cc(F)cc(CC(N)=O)c3n2)CC1. The molecule has 118 valence electrons. The standard InChI is InChI=1S/C16H21FN4O/c1-2-20-5-3-14(4-6-20)21-10-12-8-13(17)7-11(9-15(18)22)16(12)19-21/h7-8,10,14H,2-6,9H2,1H3,(H2,18,22). The number of hydrogen-bond donors (Lipinski definition) is 1. The normalized spacial score (nSPS) is 17.2. The number of amides is 1. The summed E-state index contributed by atoms with van der Waals surface area (Å²) in [5, 5.41) is 5.34. The van der Waals surface area contributed by atoms with E-state index in [9.17, 15) is 9.18 Å². The van der Waals surface area contributed by atoms with Crippen molar-refractivity contribution < 1.29 is 9.18 Å². The molecule has 3 rings (SSSR count). The number of aromatic nitrogens is 2. The molecule has 5 nitrogen and oxygen atoms in total. The maximum Gasteiger partial charge on any atom is 0.221 e. The largest absolute Gasteiger partial charge is 0.369 e. The maximum absolute atomic E-state index is 13.7. The fourth-order valence-electron chi connectivity index (χ4n) is 3.20. The number of hydrogen-bond acceptors (Lipinski definition) is 3. The van der Waals surface area contributed by atoms with E-state index in [-0.39, 0.29) is 12.2 Å². The second-order valence-corrected chi connectivity index (χ2v) is 5.92. The molecule has 0 bridgehead atoms. The van der Waals surface area contributed by atoms with E-state index in [2.05, 4.69) is 16.9 Å². The number of rotatable bonds is 4. The summed E-state index contributed by atoms with van der Waals surface area (Å²) in [5.41, 5.74) is 6.49. The maximum atomic E-state index is 13.7. The molecule has 1 aromatic heterocycles. The Hall–Kier alpha value is -1.95. The number of piperidine rings is 1. The van der Waals surface area contributed by atoms with Gasteiger partial charge in [-0.15, -0.1) is 0 Å². The molecule has 1 aliphatic heterocycles. The van der Waals surface area contributed by atoms with Crippen LogP contribution in [0.25, 0.3) is 10.9 Å². The highest BCUT2D eigenvalue weighted by molar-refractivity contribution is 5.87. The van der Waals surface area contributed by atoms with Crippen LogP contribution in [0.4, 0.5) is 4.39 Å². The molecular formula is C16H21FN4O. The zero-order chi connectivity index (χ0) is 15.7. The van der Waals surface area contributed by atoms with Crippen molar-refractivity contribution in [1.29, 1.82) is 0 Å². The number of carbonyl (C=O) groups is 1. The lowest BCUT2D eigenvalue weighted by Crippen LogP contribution is -2.34. The molecule has 2 aromatic rings. The Balaban J connectivity index is 1.91.